The molecule has 2 bridgehead atoms. The molecule has 0 saturated carbocycles. The van der Waals surface area contributed by atoms with Crippen molar-refractivity contribution in [3.05, 3.63) is 47.3 Å². The second kappa shape index (κ2) is 8.58. The molecule has 2 aliphatic heterocycles. The van der Waals surface area contributed by atoms with Crippen LogP contribution in [-0.4, -0.2) is 58.7 Å². The molecule has 1 unspecified atom stereocenters. The number of hydrogen-bond donors (Lipinski definition) is 4. The second-order valence-electron chi connectivity index (χ2n) is 7.56. The molecule has 1 atom stereocenters. The smallest absolute Gasteiger partial charge is 0.262 e. The van der Waals surface area contributed by atoms with Gasteiger partial charge in [-0.3, -0.25) is 15.6 Å². The number of pyridine rings is 2. The van der Waals surface area contributed by atoms with Crippen molar-refractivity contribution in [3.63, 3.8) is 0 Å². The number of nitrogens with zero attached hydrogens (tertiary/aromatic N) is 3. The highest BCUT2D eigenvalue weighted by Gasteiger charge is 2.24. The molecule has 1 amide bonds. The summed E-state index contributed by atoms with van der Waals surface area (Å²) < 4.78 is 5.85. The molecule has 1 fully saturated rings. The Labute approximate surface area is 174 Å². The molecule has 4 rings (SSSR count). The van der Waals surface area contributed by atoms with Gasteiger partial charge in [0.15, 0.2) is 5.84 Å². The fraction of sp³-hybridized carbons (Fsp3) is 0.381. The average molecular weight is 407 g/mol. The summed E-state index contributed by atoms with van der Waals surface area (Å²) in [6, 6.07) is 6.89. The van der Waals surface area contributed by atoms with Gasteiger partial charge in [-0.1, -0.05) is 6.07 Å². The van der Waals surface area contributed by atoms with Gasteiger partial charge in [0.2, 0.25) is 5.88 Å². The van der Waals surface area contributed by atoms with Gasteiger partial charge >= 0.3 is 0 Å². The van der Waals surface area contributed by atoms with Crippen molar-refractivity contribution in [2.24, 2.45) is 0 Å². The minimum absolute atomic E-state index is 0.0671. The van der Waals surface area contributed by atoms with Gasteiger partial charge < -0.3 is 20.3 Å². The van der Waals surface area contributed by atoms with Gasteiger partial charge in [0.1, 0.15) is 17.1 Å². The highest BCUT2D eigenvalue weighted by Crippen LogP contribution is 2.26. The standard InChI is InChI=1S/C21H25N7O2/c1-13-4-3-7-30-21-16(8-14(11-25-21)15-9-24-10-15)20(29)27-18-6-2-5-17(26-18)19(23)28(13)12-22/h2,5-6,8,11-13,15,22-24H,3-4,7,9-10H2,1H3,(H,26,27,29). The van der Waals surface area contributed by atoms with E-state index in [9.17, 15) is 4.79 Å². The summed E-state index contributed by atoms with van der Waals surface area (Å²) in [6.07, 6.45) is 4.33. The molecule has 0 aromatic carbocycles. The van der Waals surface area contributed by atoms with Gasteiger partial charge in [-0.25, -0.2) is 9.97 Å². The minimum Gasteiger partial charge on any atom is -0.477 e. The number of nitrogens with one attached hydrogen (secondary N) is 4. The maximum atomic E-state index is 13.0. The van der Waals surface area contributed by atoms with E-state index < -0.39 is 0 Å². The number of fused-ring (bicyclic) bond motifs is 3. The van der Waals surface area contributed by atoms with Crippen molar-refractivity contribution < 1.29 is 9.53 Å². The third kappa shape index (κ3) is 4.02. The topological polar surface area (TPSA) is 127 Å². The van der Waals surface area contributed by atoms with Crippen molar-refractivity contribution in [2.75, 3.05) is 25.0 Å². The maximum Gasteiger partial charge on any atom is 0.262 e. The van der Waals surface area contributed by atoms with E-state index in [1.807, 2.05) is 13.0 Å². The van der Waals surface area contributed by atoms with Crippen molar-refractivity contribution in [1.29, 1.82) is 10.8 Å². The molecule has 9 heteroatoms. The van der Waals surface area contributed by atoms with Crippen LogP contribution in [0.25, 0.3) is 0 Å². The van der Waals surface area contributed by atoms with E-state index in [0.717, 1.165) is 25.0 Å². The van der Waals surface area contributed by atoms with Crippen LogP contribution < -0.4 is 15.4 Å². The number of rotatable bonds is 2. The normalized spacial score (nSPS) is 20.3. The summed E-state index contributed by atoms with van der Waals surface area (Å²) in [5.74, 6) is 0.753. The number of hydrogen-bond acceptors (Lipinski definition) is 7. The van der Waals surface area contributed by atoms with Gasteiger partial charge in [0, 0.05) is 31.2 Å². The zero-order valence-electron chi connectivity index (χ0n) is 16.8. The fourth-order valence-corrected chi connectivity index (χ4v) is 3.54. The molecule has 30 heavy (non-hydrogen) atoms. The molecular formula is C21H25N7O2. The highest BCUT2D eigenvalue weighted by atomic mass is 16.5. The summed E-state index contributed by atoms with van der Waals surface area (Å²) in [7, 11) is 0. The number of carbonyl (C=O) groups excluding carboxylic acids is 1. The Balaban J connectivity index is 1.69. The van der Waals surface area contributed by atoms with E-state index in [2.05, 4.69) is 20.6 Å². The van der Waals surface area contributed by atoms with Crippen molar-refractivity contribution in [2.45, 2.75) is 31.7 Å². The first kappa shape index (κ1) is 20.0. The lowest BCUT2D eigenvalue weighted by Crippen LogP contribution is -2.40. The second-order valence-corrected chi connectivity index (χ2v) is 7.56. The van der Waals surface area contributed by atoms with E-state index in [4.69, 9.17) is 15.6 Å². The van der Waals surface area contributed by atoms with Crippen LogP contribution in [0.5, 0.6) is 5.88 Å². The van der Waals surface area contributed by atoms with Gasteiger partial charge in [0.25, 0.3) is 5.91 Å². The zero-order chi connectivity index (χ0) is 21.1. The summed E-state index contributed by atoms with van der Waals surface area (Å²) in [5.41, 5.74) is 1.78. The molecule has 2 aromatic rings. The number of amides is 1. The Morgan fingerprint density at radius 3 is 2.90 bits per heavy atom. The van der Waals surface area contributed by atoms with E-state index in [1.165, 1.54) is 0 Å². The average Bonchev–Trinajstić information content (AvgIpc) is 2.70. The van der Waals surface area contributed by atoms with Crippen LogP contribution in [-0.2, 0) is 0 Å². The summed E-state index contributed by atoms with van der Waals surface area (Å²) in [5, 5.41) is 22.2. The molecule has 0 radical (unpaired) electrons. The van der Waals surface area contributed by atoms with Crippen molar-refractivity contribution in [1.82, 2.24) is 20.2 Å². The molecule has 2 aromatic heterocycles. The first-order valence-electron chi connectivity index (χ1n) is 10.1. The quantitative estimate of drug-likeness (QED) is 0.446. The minimum atomic E-state index is -0.350. The first-order chi connectivity index (χ1) is 14.6. The number of anilines is 1. The summed E-state index contributed by atoms with van der Waals surface area (Å²) >= 11 is 0. The van der Waals surface area contributed by atoms with Crippen molar-refractivity contribution >= 4 is 23.9 Å². The first-order valence-corrected chi connectivity index (χ1v) is 10.1. The van der Waals surface area contributed by atoms with Crippen LogP contribution in [0, 0.1) is 10.8 Å². The Kier molecular flexibility index (Phi) is 5.71. The van der Waals surface area contributed by atoms with Crippen LogP contribution >= 0.6 is 0 Å². The van der Waals surface area contributed by atoms with Crippen LogP contribution in [0.2, 0.25) is 0 Å². The summed E-state index contributed by atoms with van der Waals surface area (Å²) in [4.78, 5) is 23.4. The van der Waals surface area contributed by atoms with Gasteiger partial charge in [0.05, 0.1) is 12.9 Å². The molecule has 2 aliphatic rings. The monoisotopic (exact) mass is 407 g/mol. The largest absolute Gasteiger partial charge is 0.477 e. The fourth-order valence-electron chi connectivity index (χ4n) is 3.54. The molecule has 0 aliphatic carbocycles. The lowest BCUT2D eigenvalue weighted by molar-refractivity contribution is 0.102. The third-order valence-electron chi connectivity index (χ3n) is 5.48. The maximum absolute atomic E-state index is 13.0. The van der Waals surface area contributed by atoms with Crippen molar-refractivity contribution in [3.8, 4) is 5.88 Å². The SMILES string of the molecule is CC1CCCOc2ncc(C3CNC3)cc2C(=O)Nc2cccc(n2)C(=N)N1C=N. The number of amidine groups is 1. The number of carbonyl (C=O) groups is 1. The van der Waals surface area contributed by atoms with Crippen LogP contribution in [0.1, 0.15) is 47.3 Å². The molecular weight excluding hydrogens is 382 g/mol. The van der Waals surface area contributed by atoms with E-state index in [1.54, 1.807) is 29.3 Å². The Morgan fingerprint density at radius 2 is 2.17 bits per heavy atom. The van der Waals surface area contributed by atoms with E-state index in [0.29, 0.717) is 48.3 Å². The molecule has 1 saturated heterocycles. The predicted octanol–water partition coefficient (Wildman–Crippen LogP) is 2.21. The number of ether oxygens (including phenoxy) is 1. The molecule has 4 N–H and O–H groups in total. The van der Waals surface area contributed by atoms with Gasteiger partial charge in [-0.05, 0) is 43.5 Å². The van der Waals surface area contributed by atoms with Crippen LogP contribution in [0.15, 0.2) is 30.5 Å². The Bertz CT molecular complexity index is 974. The van der Waals surface area contributed by atoms with Gasteiger partial charge in [-0.2, -0.15) is 0 Å². The van der Waals surface area contributed by atoms with Gasteiger partial charge in [-0.15, -0.1) is 0 Å². The predicted molar refractivity (Wildman–Crippen MR) is 114 cm³/mol. The van der Waals surface area contributed by atoms with Crippen LogP contribution in [0.3, 0.4) is 0 Å². The molecule has 9 nitrogen and oxygen atoms in total. The Hall–Kier alpha value is -3.33. The molecule has 4 heterocycles. The third-order valence-corrected chi connectivity index (χ3v) is 5.48. The number of aromatic nitrogens is 2. The summed E-state index contributed by atoms with van der Waals surface area (Å²) in [6.45, 7) is 4.10. The lowest BCUT2D eigenvalue weighted by atomic mass is 9.94. The Morgan fingerprint density at radius 1 is 1.33 bits per heavy atom. The van der Waals surface area contributed by atoms with E-state index in [-0.39, 0.29) is 17.8 Å². The lowest BCUT2D eigenvalue weighted by Gasteiger charge is -2.28. The van der Waals surface area contributed by atoms with Crippen LogP contribution in [0.4, 0.5) is 5.82 Å². The zero-order valence-corrected chi connectivity index (χ0v) is 16.8. The highest BCUT2D eigenvalue weighted by molar-refractivity contribution is 6.06. The van der Waals surface area contributed by atoms with E-state index >= 15 is 0 Å². The molecule has 0 spiro atoms. The molecule has 156 valence electrons.